The number of hydrogen-bond acceptors (Lipinski definition) is 6. The lowest BCUT2D eigenvalue weighted by molar-refractivity contribution is 0.0714. The van der Waals surface area contributed by atoms with Gasteiger partial charge in [0.2, 0.25) is 5.65 Å². The SMILES string of the molecule is Cn1cc(C(N)=O)c(-c2cccc(-n3o[nH]c4nc(Cl)cnc4o3)c2Cl)n1. The number of hydrogen-bond donors (Lipinski definition) is 2. The maximum absolute atomic E-state index is 11.7. The van der Waals surface area contributed by atoms with Gasteiger partial charge in [-0.15, -0.1) is 0 Å². The van der Waals surface area contributed by atoms with E-state index in [-0.39, 0.29) is 27.1 Å². The van der Waals surface area contributed by atoms with Gasteiger partial charge in [0.15, 0.2) is 0 Å². The van der Waals surface area contributed by atoms with E-state index in [0.29, 0.717) is 16.9 Å². The van der Waals surface area contributed by atoms with Gasteiger partial charge in [0.25, 0.3) is 11.6 Å². The van der Waals surface area contributed by atoms with E-state index >= 15 is 0 Å². The Bertz CT molecular complexity index is 1210. The average Bonchev–Trinajstić information content (AvgIpc) is 3.03. The minimum Gasteiger partial charge on any atom is -0.365 e. The predicted molar refractivity (Wildman–Crippen MR) is 96.1 cm³/mol. The van der Waals surface area contributed by atoms with E-state index < -0.39 is 5.91 Å². The van der Waals surface area contributed by atoms with Crippen molar-refractivity contribution in [2.24, 2.45) is 12.8 Å². The van der Waals surface area contributed by atoms with Gasteiger partial charge in [-0.3, -0.25) is 14.1 Å². The fourth-order valence-corrected chi connectivity index (χ4v) is 2.90. The van der Waals surface area contributed by atoms with Crippen molar-refractivity contribution in [1.82, 2.24) is 29.8 Å². The van der Waals surface area contributed by atoms with E-state index in [9.17, 15) is 4.79 Å². The molecule has 27 heavy (non-hydrogen) atoms. The molecule has 1 amide bonds. The molecule has 138 valence electrons. The second kappa shape index (κ2) is 6.49. The topological polar surface area (TPSA) is 134 Å². The third-order valence-corrected chi connectivity index (χ3v) is 4.21. The number of halogens is 2. The summed E-state index contributed by atoms with van der Waals surface area (Å²) in [4.78, 5) is 20.7. The van der Waals surface area contributed by atoms with Crippen LogP contribution in [0, 0.1) is 0 Å². The summed E-state index contributed by atoms with van der Waals surface area (Å²) in [7, 11) is 1.68. The molecule has 0 radical (unpaired) electrons. The molecule has 1 aromatic carbocycles. The molecule has 3 aromatic heterocycles. The summed E-state index contributed by atoms with van der Waals surface area (Å²) < 4.78 is 12.3. The van der Waals surface area contributed by atoms with E-state index in [1.165, 1.54) is 17.1 Å². The number of rotatable bonds is 3. The van der Waals surface area contributed by atoms with Gasteiger partial charge in [-0.1, -0.05) is 35.3 Å². The summed E-state index contributed by atoms with van der Waals surface area (Å²) in [5, 5.41) is 7.24. The lowest BCUT2D eigenvalue weighted by Gasteiger charge is -2.09. The van der Waals surface area contributed by atoms with Crippen LogP contribution < -0.4 is 5.73 Å². The Morgan fingerprint density at radius 1 is 1.33 bits per heavy atom. The van der Waals surface area contributed by atoms with Gasteiger partial charge in [0.1, 0.15) is 16.5 Å². The van der Waals surface area contributed by atoms with Crippen LogP contribution in [0.2, 0.25) is 10.2 Å². The number of aromatic amines is 1. The van der Waals surface area contributed by atoms with Crippen LogP contribution >= 0.6 is 23.2 Å². The lowest BCUT2D eigenvalue weighted by Crippen LogP contribution is -2.11. The van der Waals surface area contributed by atoms with Crippen molar-refractivity contribution < 1.29 is 13.9 Å². The number of amides is 1. The number of benzene rings is 1. The van der Waals surface area contributed by atoms with Crippen LogP contribution in [0.5, 0.6) is 0 Å². The van der Waals surface area contributed by atoms with E-state index in [1.807, 2.05) is 0 Å². The Balaban J connectivity index is 1.88. The normalized spacial score (nSPS) is 11.1. The number of aryl methyl sites for hydroxylation is 1. The first kappa shape index (κ1) is 17.2. The molecule has 0 bridgehead atoms. The molecule has 3 N–H and O–H groups in total. The number of nitrogens with two attached hydrogens (primary N) is 1. The largest absolute Gasteiger partial charge is 0.365 e. The van der Waals surface area contributed by atoms with Gasteiger partial charge in [-0.25, -0.2) is 9.97 Å². The Morgan fingerprint density at radius 2 is 2.15 bits per heavy atom. The zero-order valence-electron chi connectivity index (χ0n) is 13.7. The third-order valence-electron chi connectivity index (χ3n) is 3.63. The van der Waals surface area contributed by atoms with Gasteiger partial charge in [0, 0.05) is 18.8 Å². The first-order valence-electron chi connectivity index (χ1n) is 7.50. The second-order valence-corrected chi connectivity index (χ2v) is 6.22. The van der Waals surface area contributed by atoms with Crippen molar-refractivity contribution in [2.75, 3.05) is 0 Å². The fraction of sp³-hybridized carbons (Fsp3) is 0.0667. The molecule has 0 saturated carbocycles. The van der Waals surface area contributed by atoms with E-state index in [0.717, 1.165) is 4.91 Å². The summed E-state index contributed by atoms with van der Waals surface area (Å²) in [5.41, 5.74) is 7.18. The Kier molecular flexibility index (Phi) is 4.13. The minimum atomic E-state index is -0.618. The molecule has 12 heteroatoms. The van der Waals surface area contributed by atoms with Crippen LogP contribution in [0.4, 0.5) is 0 Å². The highest BCUT2D eigenvalue weighted by atomic mass is 35.5. The number of fused-ring (bicyclic) bond motifs is 1. The molecular formula is C15H11Cl2N7O3. The number of aromatic nitrogens is 6. The summed E-state index contributed by atoms with van der Waals surface area (Å²) in [5.74, 6) is -0.618. The maximum Gasteiger partial charge on any atom is 0.296 e. The summed E-state index contributed by atoms with van der Waals surface area (Å²) in [6.07, 6.45) is 2.85. The highest BCUT2D eigenvalue weighted by Gasteiger charge is 2.20. The first-order chi connectivity index (χ1) is 12.9. The molecule has 4 rings (SSSR count). The summed E-state index contributed by atoms with van der Waals surface area (Å²) in [6.45, 7) is 0. The van der Waals surface area contributed by atoms with Crippen LogP contribution in [-0.2, 0) is 7.05 Å². The van der Waals surface area contributed by atoms with Crippen molar-refractivity contribution in [3.05, 3.63) is 46.3 Å². The number of nitrogens with one attached hydrogen (secondary N) is 1. The number of carbonyl (C=O) groups excluding carboxylic acids is 1. The lowest BCUT2D eigenvalue weighted by atomic mass is 10.1. The van der Waals surface area contributed by atoms with E-state index in [2.05, 4.69) is 20.2 Å². The molecule has 0 aliphatic rings. The predicted octanol–water partition coefficient (Wildman–Crippen LogP) is 2.87. The van der Waals surface area contributed by atoms with Gasteiger partial charge < -0.3 is 10.3 Å². The molecule has 10 nitrogen and oxygen atoms in total. The van der Waals surface area contributed by atoms with Crippen LogP contribution in [-0.4, -0.2) is 35.7 Å². The van der Waals surface area contributed by atoms with Crippen molar-refractivity contribution >= 4 is 40.5 Å². The molecule has 0 saturated heterocycles. The number of nitrogens with zero attached hydrogens (tertiary/aromatic N) is 5. The van der Waals surface area contributed by atoms with E-state index in [1.54, 1.807) is 25.2 Å². The minimum absolute atomic E-state index is 0.141. The van der Waals surface area contributed by atoms with Crippen molar-refractivity contribution in [2.45, 2.75) is 0 Å². The highest BCUT2D eigenvalue weighted by molar-refractivity contribution is 6.35. The van der Waals surface area contributed by atoms with Crippen LogP contribution in [0.3, 0.4) is 0 Å². The highest BCUT2D eigenvalue weighted by Crippen LogP contribution is 2.33. The molecule has 0 aliphatic heterocycles. The molecule has 0 spiro atoms. The van der Waals surface area contributed by atoms with Crippen molar-refractivity contribution in [3.8, 4) is 16.9 Å². The zero-order chi connectivity index (χ0) is 19.1. The first-order valence-corrected chi connectivity index (χ1v) is 8.25. The van der Waals surface area contributed by atoms with Gasteiger partial charge in [-0.05, 0) is 11.0 Å². The molecule has 0 atom stereocenters. The monoisotopic (exact) mass is 407 g/mol. The van der Waals surface area contributed by atoms with Crippen molar-refractivity contribution in [3.63, 3.8) is 0 Å². The fourth-order valence-electron chi connectivity index (χ4n) is 2.48. The molecule has 0 fully saturated rings. The van der Waals surface area contributed by atoms with Crippen LogP contribution in [0.1, 0.15) is 10.4 Å². The van der Waals surface area contributed by atoms with Crippen molar-refractivity contribution in [1.29, 1.82) is 0 Å². The second-order valence-electron chi connectivity index (χ2n) is 5.46. The number of H-pyrrole nitrogens is 1. The van der Waals surface area contributed by atoms with Crippen LogP contribution in [0.15, 0.2) is 39.7 Å². The molecule has 4 aromatic rings. The Morgan fingerprint density at radius 3 is 2.93 bits per heavy atom. The Hall–Kier alpha value is -3.24. The smallest absolute Gasteiger partial charge is 0.296 e. The Labute approximate surface area is 160 Å². The molecule has 0 unspecified atom stereocenters. The average molecular weight is 408 g/mol. The zero-order valence-corrected chi connectivity index (χ0v) is 15.2. The van der Waals surface area contributed by atoms with Crippen LogP contribution in [0.25, 0.3) is 28.3 Å². The standard InChI is InChI=1S/C15H11Cl2N7O3/c1-23-6-8(13(18)25)12(21-23)7-3-2-4-9(11(7)17)24-26-15-14(22-27-24)20-10(16)5-19-15/h2-6H,1H3,(H2,18,25)(H,20,22). The molecular weight excluding hydrogens is 397 g/mol. The van der Waals surface area contributed by atoms with Gasteiger partial charge >= 0.3 is 0 Å². The summed E-state index contributed by atoms with van der Waals surface area (Å²) in [6, 6.07) is 5.05. The number of carbonyl (C=O) groups is 1. The quantitative estimate of drug-likeness (QED) is 0.536. The third kappa shape index (κ3) is 3.04. The van der Waals surface area contributed by atoms with E-state index in [4.69, 9.17) is 38.1 Å². The molecule has 3 heterocycles. The molecule has 0 aliphatic carbocycles. The maximum atomic E-state index is 11.7. The summed E-state index contributed by atoms with van der Waals surface area (Å²) >= 11 is 12.3. The van der Waals surface area contributed by atoms with Gasteiger partial charge in [0.05, 0.1) is 16.8 Å². The number of primary amides is 1. The van der Waals surface area contributed by atoms with Gasteiger partial charge in [-0.2, -0.15) is 10.3 Å².